The molecule has 10 heteroatoms. The van der Waals surface area contributed by atoms with Gasteiger partial charge in [-0.2, -0.15) is 23.3 Å². The van der Waals surface area contributed by atoms with Crippen LogP contribution in [0.2, 0.25) is 0 Å². The average molecular weight is 372 g/mol. The summed E-state index contributed by atoms with van der Waals surface area (Å²) in [5.41, 5.74) is -1.27. The van der Waals surface area contributed by atoms with E-state index < -0.39 is 35.5 Å². The molecular weight excluding hydrogens is 359 g/mol. The summed E-state index contributed by atoms with van der Waals surface area (Å²) in [6.07, 6.45) is -3.43. The summed E-state index contributed by atoms with van der Waals surface area (Å²) in [7, 11) is 0. The predicted molar refractivity (Wildman–Crippen MR) is 79.2 cm³/mol. The quantitative estimate of drug-likeness (QED) is 0.640. The topological polar surface area (TPSA) is 56.7 Å². The van der Waals surface area contributed by atoms with Gasteiger partial charge in [0.2, 0.25) is 0 Å². The van der Waals surface area contributed by atoms with Crippen LogP contribution in [-0.4, -0.2) is 19.9 Å². The minimum atomic E-state index is -4.57. The number of nitrogens with zero attached hydrogens (tertiary/aromatic N) is 4. The molecule has 2 aromatic heterocycles. The first-order valence-corrected chi connectivity index (χ1v) is 7.58. The van der Waals surface area contributed by atoms with Crippen molar-refractivity contribution in [2.75, 3.05) is 0 Å². The molecule has 2 atom stereocenters. The molecule has 26 heavy (non-hydrogen) atoms. The third-order valence-electron chi connectivity index (χ3n) is 3.93. The molecule has 0 aliphatic heterocycles. The van der Waals surface area contributed by atoms with Gasteiger partial charge < -0.3 is 4.52 Å². The van der Waals surface area contributed by atoms with Gasteiger partial charge in [0.25, 0.3) is 5.89 Å². The van der Waals surface area contributed by atoms with E-state index in [-0.39, 0.29) is 17.3 Å². The van der Waals surface area contributed by atoms with Crippen molar-refractivity contribution >= 4 is 0 Å². The molecule has 0 N–H and O–H groups in total. The maximum absolute atomic E-state index is 13.9. The van der Waals surface area contributed by atoms with Crippen LogP contribution >= 0.6 is 0 Å². The second-order valence-corrected chi connectivity index (χ2v) is 5.70. The van der Waals surface area contributed by atoms with E-state index in [1.807, 2.05) is 0 Å². The molecule has 0 fully saturated rings. The summed E-state index contributed by atoms with van der Waals surface area (Å²) in [6, 6.07) is 3.50. The van der Waals surface area contributed by atoms with E-state index in [4.69, 9.17) is 4.52 Å². The number of halogens is 5. The van der Waals surface area contributed by atoms with Crippen LogP contribution in [0, 0.1) is 11.6 Å². The second-order valence-electron chi connectivity index (χ2n) is 5.70. The van der Waals surface area contributed by atoms with Crippen LogP contribution in [0.15, 0.2) is 35.0 Å². The third kappa shape index (κ3) is 3.31. The Kier molecular flexibility index (Phi) is 4.51. The van der Waals surface area contributed by atoms with E-state index in [0.29, 0.717) is 0 Å². The molecule has 0 radical (unpaired) electrons. The van der Waals surface area contributed by atoms with Crippen molar-refractivity contribution in [3.05, 3.63) is 65.1 Å². The smallest absolute Gasteiger partial charge is 0.337 e. The first kappa shape index (κ1) is 18.0. The predicted octanol–water partition coefficient (Wildman–Crippen LogP) is 4.32. The van der Waals surface area contributed by atoms with Crippen LogP contribution in [-0.2, 0) is 6.18 Å². The Balaban J connectivity index is 1.86. The Bertz CT molecular complexity index is 897. The van der Waals surface area contributed by atoms with Crippen molar-refractivity contribution in [1.29, 1.82) is 0 Å². The zero-order valence-corrected chi connectivity index (χ0v) is 13.6. The highest BCUT2D eigenvalue weighted by molar-refractivity contribution is 5.27. The monoisotopic (exact) mass is 372 g/mol. The highest BCUT2D eigenvalue weighted by atomic mass is 19.4. The number of rotatable bonds is 4. The molecule has 0 bridgehead atoms. The highest BCUT2D eigenvalue weighted by Gasteiger charge is 2.34. The lowest BCUT2D eigenvalue weighted by atomic mass is 9.99. The van der Waals surface area contributed by atoms with Crippen LogP contribution in [0.3, 0.4) is 0 Å². The van der Waals surface area contributed by atoms with E-state index >= 15 is 0 Å². The lowest BCUT2D eigenvalue weighted by molar-refractivity contribution is -0.141. The Morgan fingerprint density at radius 1 is 1.08 bits per heavy atom. The van der Waals surface area contributed by atoms with Crippen molar-refractivity contribution < 1.29 is 26.5 Å². The average Bonchev–Trinajstić information content (AvgIpc) is 3.23. The molecule has 5 nitrogen and oxygen atoms in total. The van der Waals surface area contributed by atoms with Gasteiger partial charge in [0.15, 0.2) is 11.5 Å². The van der Waals surface area contributed by atoms with Crippen molar-refractivity contribution in [2.45, 2.75) is 32.0 Å². The first-order valence-electron chi connectivity index (χ1n) is 7.58. The van der Waals surface area contributed by atoms with Gasteiger partial charge >= 0.3 is 6.18 Å². The molecule has 0 amide bonds. The van der Waals surface area contributed by atoms with Gasteiger partial charge in [-0.1, -0.05) is 18.1 Å². The van der Waals surface area contributed by atoms with Gasteiger partial charge in [0.1, 0.15) is 17.7 Å². The molecule has 2 unspecified atom stereocenters. The SMILES string of the molecule is CC(c1noc(C(C)n2ccc(C(F)(F)F)n2)n1)c1c(F)cccc1F. The van der Waals surface area contributed by atoms with E-state index in [0.717, 1.165) is 29.1 Å². The second kappa shape index (κ2) is 6.50. The van der Waals surface area contributed by atoms with Crippen molar-refractivity contribution in [3.63, 3.8) is 0 Å². The molecule has 0 spiro atoms. The number of benzene rings is 1. The molecule has 0 saturated carbocycles. The van der Waals surface area contributed by atoms with Gasteiger partial charge in [0, 0.05) is 11.8 Å². The van der Waals surface area contributed by atoms with Crippen molar-refractivity contribution in [3.8, 4) is 0 Å². The fourth-order valence-electron chi connectivity index (χ4n) is 2.46. The molecule has 3 aromatic rings. The summed E-state index contributed by atoms with van der Waals surface area (Å²) in [4.78, 5) is 4.06. The lowest BCUT2D eigenvalue weighted by Gasteiger charge is -2.10. The van der Waals surface area contributed by atoms with E-state index in [1.54, 1.807) is 0 Å². The molecule has 1 aromatic carbocycles. The maximum Gasteiger partial charge on any atom is 0.435 e. The molecule has 138 valence electrons. The normalized spacial score (nSPS) is 14.4. The zero-order chi connectivity index (χ0) is 19.1. The number of aromatic nitrogens is 4. The van der Waals surface area contributed by atoms with Gasteiger partial charge in [-0.25, -0.2) is 8.78 Å². The molecule has 0 aliphatic rings. The minimum absolute atomic E-state index is 0.0130. The van der Waals surface area contributed by atoms with E-state index in [2.05, 4.69) is 15.2 Å². The number of hydrogen-bond donors (Lipinski definition) is 0. The summed E-state index contributed by atoms with van der Waals surface area (Å²) in [5.74, 6) is -2.36. The largest absolute Gasteiger partial charge is 0.435 e. The summed E-state index contributed by atoms with van der Waals surface area (Å²) >= 11 is 0. The Morgan fingerprint density at radius 3 is 2.31 bits per heavy atom. The highest BCUT2D eigenvalue weighted by Crippen LogP contribution is 2.30. The number of hydrogen-bond acceptors (Lipinski definition) is 4. The number of alkyl halides is 3. The van der Waals surface area contributed by atoms with Gasteiger partial charge in [-0.3, -0.25) is 4.68 Å². The van der Waals surface area contributed by atoms with Crippen LogP contribution in [0.1, 0.15) is 48.8 Å². The lowest BCUT2D eigenvalue weighted by Crippen LogP contribution is -2.12. The summed E-state index contributed by atoms with van der Waals surface area (Å²) < 4.78 is 71.8. The van der Waals surface area contributed by atoms with Crippen molar-refractivity contribution in [1.82, 2.24) is 19.9 Å². The van der Waals surface area contributed by atoms with Crippen molar-refractivity contribution in [2.24, 2.45) is 0 Å². The van der Waals surface area contributed by atoms with Crippen LogP contribution in [0.4, 0.5) is 22.0 Å². The third-order valence-corrected chi connectivity index (χ3v) is 3.93. The maximum atomic E-state index is 13.9. The van der Waals surface area contributed by atoms with Gasteiger partial charge in [0.05, 0.1) is 5.92 Å². The fourth-order valence-corrected chi connectivity index (χ4v) is 2.46. The Hall–Kier alpha value is -2.78. The van der Waals surface area contributed by atoms with Crippen LogP contribution < -0.4 is 0 Å². The molecule has 0 saturated heterocycles. The first-order chi connectivity index (χ1) is 12.2. The molecule has 3 rings (SSSR count). The van der Waals surface area contributed by atoms with Gasteiger partial charge in [-0.15, -0.1) is 0 Å². The summed E-state index contributed by atoms with van der Waals surface area (Å²) in [6.45, 7) is 3.01. The van der Waals surface area contributed by atoms with E-state index in [1.165, 1.54) is 19.9 Å². The van der Waals surface area contributed by atoms with Crippen LogP contribution in [0.25, 0.3) is 0 Å². The Morgan fingerprint density at radius 2 is 1.73 bits per heavy atom. The Labute approximate surface area is 144 Å². The molecule has 2 heterocycles. The fraction of sp³-hybridized carbons (Fsp3) is 0.312. The van der Waals surface area contributed by atoms with Gasteiger partial charge in [-0.05, 0) is 25.1 Å². The minimum Gasteiger partial charge on any atom is -0.337 e. The molecule has 0 aliphatic carbocycles. The molecular formula is C16H13F5N4O. The van der Waals surface area contributed by atoms with E-state index in [9.17, 15) is 22.0 Å². The summed E-state index contributed by atoms with van der Waals surface area (Å²) in [5, 5.41) is 7.14. The van der Waals surface area contributed by atoms with Crippen LogP contribution in [0.5, 0.6) is 0 Å². The zero-order valence-electron chi connectivity index (χ0n) is 13.6. The standard InChI is InChI=1S/C16H13F5N4O/c1-8(13-10(17)4-3-5-11(13)18)14-22-15(26-24-14)9(2)25-7-6-12(23-25)16(19,20)21/h3-9H,1-2H3.